The second-order valence-electron chi connectivity index (χ2n) is 4.82. The number of piperidine rings is 1. The summed E-state index contributed by atoms with van der Waals surface area (Å²) in [6.07, 6.45) is 1.74. The van der Waals surface area contributed by atoms with E-state index in [0.29, 0.717) is 32.5 Å². The summed E-state index contributed by atoms with van der Waals surface area (Å²) in [5, 5.41) is 11.4. The molecule has 0 unspecified atom stereocenters. The Balaban J connectivity index is 2.19. The quantitative estimate of drug-likeness (QED) is 0.705. The number of urea groups is 1. The third kappa shape index (κ3) is 5.90. The highest BCUT2D eigenvalue weighted by Crippen LogP contribution is 2.20. The molecule has 1 fully saturated rings. The van der Waals surface area contributed by atoms with E-state index in [9.17, 15) is 14.4 Å². The highest BCUT2D eigenvalue weighted by atomic mass is 16.5. The van der Waals surface area contributed by atoms with Gasteiger partial charge in [0.05, 0.1) is 13.0 Å². The van der Waals surface area contributed by atoms with E-state index >= 15 is 0 Å². The van der Waals surface area contributed by atoms with Crippen LogP contribution in [0.2, 0.25) is 0 Å². The topological polar surface area (TPSA) is 95.9 Å². The lowest BCUT2D eigenvalue weighted by molar-refractivity contribution is -0.143. The number of carboxylic acids is 1. The second-order valence-corrected chi connectivity index (χ2v) is 4.82. The molecule has 1 rings (SSSR count). The molecule has 0 aromatic carbocycles. The van der Waals surface area contributed by atoms with Crippen LogP contribution in [0.5, 0.6) is 0 Å². The maximum absolute atomic E-state index is 11.8. The van der Waals surface area contributed by atoms with E-state index in [1.165, 1.54) is 0 Å². The molecule has 1 saturated heterocycles. The number of carboxylic acid groups (broad SMARTS) is 1. The highest BCUT2D eigenvalue weighted by molar-refractivity contribution is 5.75. The van der Waals surface area contributed by atoms with Crippen LogP contribution in [0.25, 0.3) is 0 Å². The molecule has 0 aromatic heterocycles. The molecule has 0 aliphatic carbocycles. The van der Waals surface area contributed by atoms with Crippen molar-refractivity contribution >= 4 is 18.0 Å². The number of nitrogens with one attached hydrogen (secondary N) is 1. The summed E-state index contributed by atoms with van der Waals surface area (Å²) in [5.74, 6) is -0.966. The van der Waals surface area contributed by atoms with E-state index in [-0.39, 0.29) is 37.3 Å². The lowest BCUT2D eigenvalue weighted by Gasteiger charge is -2.31. The summed E-state index contributed by atoms with van der Waals surface area (Å²) >= 11 is 0. The molecule has 2 N–H and O–H groups in total. The van der Waals surface area contributed by atoms with Crippen LogP contribution in [0.4, 0.5) is 4.79 Å². The molecule has 0 saturated carbocycles. The predicted octanol–water partition coefficient (Wildman–Crippen LogP) is 0.836. The first-order valence-corrected chi connectivity index (χ1v) is 6.93. The Morgan fingerprint density at radius 3 is 2.50 bits per heavy atom. The first kappa shape index (κ1) is 16.3. The van der Waals surface area contributed by atoms with E-state index in [2.05, 4.69) is 5.32 Å². The zero-order valence-corrected chi connectivity index (χ0v) is 11.8. The SMILES string of the molecule is CCOC(=O)CCNC(=O)N1CCC(CC(=O)O)CC1. The first-order chi connectivity index (χ1) is 9.52. The minimum atomic E-state index is -0.790. The summed E-state index contributed by atoms with van der Waals surface area (Å²) < 4.78 is 4.76. The largest absolute Gasteiger partial charge is 0.481 e. The van der Waals surface area contributed by atoms with Gasteiger partial charge in [-0.05, 0) is 25.7 Å². The van der Waals surface area contributed by atoms with Crippen LogP contribution in [0.15, 0.2) is 0 Å². The van der Waals surface area contributed by atoms with Gasteiger partial charge in [-0.2, -0.15) is 0 Å². The van der Waals surface area contributed by atoms with Crippen molar-refractivity contribution in [2.45, 2.75) is 32.6 Å². The van der Waals surface area contributed by atoms with E-state index in [0.717, 1.165) is 0 Å². The van der Waals surface area contributed by atoms with Gasteiger partial charge in [0, 0.05) is 26.1 Å². The van der Waals surface area contributed by atoms with Crippen LogP contribution in [0.3, 0.4) is 0 Å². The lowest BCUT2D eigenvalue weighted by atomic mass is 9.94. The van der Waals surface area contributed by atoms with Crippen molar-refractivity contribution in [3.05, 3.63) is 0 Å². The van der Waals surface area contributed by atoms with Gasteiger partial charge in [-0.15, -0.1) is 0 Å². The molecule has 0 atom stereocenters. The van der Waals surface area contributed by atoms with Crippen molar-refractivity contribution in [3.8, 4) is 0 Å². The molecule has 0 radical (unpaired) electrons. The zero-order chi connectivity index (χ0) is 15.0. The Labute approximate surface area is 118 Å². The number of hydrogen-bond donors (Lipinski definition) is 2. The van der Waals surface area contributed by atoms with Gasteiger partial charge < -0.3 is 20.1 Å². The fourth-order valence-electron chi connectivity index (χ4n) is 2.20. The van der Waals surface area contributed by atoms with Crippen molar-refractivity contribution in [1.82, 2.24) is 10.2 Å². The van der Waals surface area contributed by atoms with Crippen LogP contribution in [-0.4, -0.2) is 54.2 Å². The molecule has 20 heavy (non-hydrogen) atoms. The Kier molecular flexibility index (Phi) is 6.83. The molecule has 1 aliphatic rings. The maximum atomic E-state index is 11.8. The molecule has 2 amide bonds. The number of amides is 2. The van der Waals surface area contributed by atoms with Crippen molar-refractivity contribution in [2.24, 2.45) is 5.92 Å². The zero-order valence-electron chi connectivity index (χ0n) is 11.8. The van der Waals surface area contributed by atoms with E-state index in [1.54, 1.807) is 11.8 Å². The number of aliphatic carboxylic acids is 1. The molecule has 7 nitrogen and oxygen atoms in total. The third-order valence-corrected chi connectivity index (χ3v) is 3.28. The lowest BCUT2D eigenvalue weighted by Crippen LogP contribution is -2.45. The Morgan fingerprint density at radius 1 is 1.30 bits per heavy atom. The number of ether oxygens (including phenoxy) is 1. The van der Waals surface area contributed by atoms with Gasteiger partial charge in [-0.1, -0.05) is 0 Å². The molecule has 1 heterocycles. The maximum Gasteiger partial charge on any atom is 0.317 e. The highest BCUT2D eigenvalue weighted by Gasteiger charge is 2.24. The number of esters is 1. The smallest absolute Gasteiger partial charge is 0.317 e. The van der Waals surface area contributed by atoms with Gasteiger partial charge in [0.1, 0.15) is 0 Å². The van der Waals surface area contributed by atoms with E-state index < -0.39 is 5.97 Å². The normalized spacial score (nSPS) is 15.8. The number of carbonyl (C=O) groups excluding carboxylic acids is 2. The van der Waals surface area contributed by atoms with Gasteiger partial charge in [0.15, 0.2) is 0 Å². The number of likely N-dealkylation sites (tertiary alicyclic amines) is 1. The average molecular weight is 286 g/mol. The number of rotatable bonds is 6. The van der Waals surface area contributed by atoms with Gasteiger partial charge in [0.2, 0.25) is 0 Å². The minimum Gasteiger partial charge on any atom is -0.481 e. The summed E-state index contributed by atoms with van der Waals surface area (Å²) in [6, 6.07) is -0.205. The van der Waals surface area contributed by atoms with Gasteiger partial charge in [-0.3, -0.25) is 9.59 Å². The Hall–Kier alpha value is -1.79. The van der Waals surface area contributed by atoms with Crippen molar-refractivity contribution < 1.29 is 24.2 Å². The fourth-order valence-corrected chi connectivity index (χ4v) is 2.20. The average Bonchev–Trinajstić information content (AvgIpc) is 2.39. The Morgan fingerprint density at radius 2 is 1.95 bits per heavy atom. The standard InChI is InChI=1S/C13H22N2O5/c1-2-20-12(18)3-6-14-13(19)15-7-4-10(5-8-15)9-11(16)17/h10H,2-9H2,1H3,(H,14,19)(H,16,17). The number of nitrogens with zero attached hydrogens (tertiary/aromatic N) is 1. The summed E-state index contributed by atoms with van der Waals surface area (Å²) in [7, 11) is 0. The summed E-state index contributed by atoms with van der Waals surface area (Å²) in [4.78, 5) is 35.2. The third-order valence-electron chi connectivity index (χ3n) is 3.28. The second kappa shape index (κ2) is 8.39. The van der Waals surface area contributed by atoms with Crippen LogP contribution in [0, 0.1) is 5.92 Å². The number of hydrogen-bond acceptors (Lipinski definition) is 4. The van der Waals surface area contributed by atoms with Crippen molar-refractivity contribution in [2.75, 3.05) is 26.2 Å². The van der Waals surface area contributed by atoms with Gasteiger partial charge in [-0.25, -0.2) is 4.79 Å². The molecule has 1 aliphatic heterocycles. The van der Waals surface area contributed by atoms with Crippen LogP contribution in [0.1, 0.15) is 32.6 Å². The first-order valence-electron chi connectivity index (χ1n) is 6.93. The summed E-state index contributed by atoms with van der Waals surface area (Å²) in [5.41, 5.74) is 0. The minimum absolute atomic E-state index is 0.149. The van der Waals surface area contributed by atoms with Crippen LogP contribution < -0.4 is 5.32 Å². The molecule has 114 valence electrons. The van der Waals surface area contributed by atoms with Crippen LogP contribution in [-0.2, 0) is 14.3 Å². The predicted molar refractivity (Wildman–Crippen MR) is 71.2 cm³/mol. The van der Waals surface area contributed by atoms with Crippen LogP contribution >= 0.6 is 0 Å². The Bertz CT molecular complexity index is 351. The molecule has 0 bridgehead atoms. The molecule has 0 aromatic rings. The van der Waals surface area contributed by atoms with Gasteiger partial charge >= 0.3 is 18.0 Å². The summed E-state index contributed by atoms with van der Waals surface area (Å²) in [6.45, 7) is 3.45. The van der Waals surface area contributed by atoms with E-state index in [4.69, 9.17) is 9.84 Å². The van der Waals surface area contributed by atoms with E-state index in [1.807, 2.05) is 0 Å². The van der Waals surface area contributed by atoms with Crippen molar-refractivity contribution in [3.63, 3.8) is 0 Å². The van der Waals surface area contributed by atoms with Gasteiger partial charge in [0.25, 0.3) is 0 Å². The molecule has 0 spiro atoms. The monoisotopic (exact) mass is 286 g/mol. The van der Waals surface area contributed by atoms with Crippen molar-refractivity contribution in [1.29, 1.82) is 0 Å². The number of carbonyl (C=O) groups is 3. The molecule has 7 heteroatoms. The molecular formula is C13H22N2O5. The fraction of sp³-hybridized carbons (Fsp3) is 0.769. The molecular weight excluding hydrogens is 264 g/mol.